The van der Waals surface area contributed by atoms with Gasteiger partial charge in [-0.05, 0) is 48.8 Å². The minimum absolute atomic E-state index is 0.0870. The number of nitriles is 1. The van der Waals surface area contributed by atoms with Crippen molar-refractivity contribution in [3.05, 3.63) is 23.8 Å². The first-order valence-corrected chi connectivity index (χ1v) is 7.97. The van der Waals surface area contributed by atoms with Gasteiger partial charge in [0.05, 0.1) is 19.1 Å². The van der Waals surface area contributed by atoms with Gasteiger partial charge in [0.2, 0.25) is 0 Å². The molecule has 1 aliphatic heterocycles. The van der Waals surface area contributed by atoms with E-state index >= 15 is 0 Å². The van der Waals surface area contributed by atoms with Crippen LogP contribution >= 0.6 is 0 Å². The Kier molecular flexibility index (Phi) is 4.97. The number of hydrogen-bond donors (Lipinski definition) is 1. The maximum atomic E-state index is 12.5. The number of alkyl halides is 2. The maximum Gasteiger partial charge on any atom is 0.387 e. The highest BCUT2D eigenvalue weighted by atomic mass is 19.3. The zero-order valence-corrected chi connectivity index (χ0v) is 12.8. The van der Waals surface area contributed by atoms with Crippen LogP contribution in [0.25, 0.3) is 0 Å². The summed E-state index contributed by atoms with van der Waals surface area (Å²) in [5.41, 5.74) is 1.03. The molecule has 1 aliphatic carbocycles. The molecule has 1 saturated carbocycles. The third kappa shape index (κ3) is 4.32. The van der Waals surface area contributed by atoms with Crippen molar-refractivity contribution in [1.29, 1.82) is 5.26 Å². The zero-order chi connectivity index (χ0) is 16.2. The number of hydrogen-bond acceptors (Lipinski definition) is 4. The first-order valence-electron chi connectivity index (χ1n) is 7.97. The number of benzene rings is 1. The molecule has 1 aromatic carbocycles. The highest BCUT2D eigenvalue weighted by Crippen LogP contribution is 2.37. The van der Waals surface area contributed by atoms with Crippen LogP contribution in [0.1, 0.15) is 37.2 Å². The standard InChI is InChI=1S/C17H20F2N2O2/c18-17(19)23-15-4-3-12(8-16(15)22-10-11-1-2-11)13-7-14(5-6-20)21-9-13/h3-4,8,11,13-14,17,21H,1-2,5,7,9-10H2/t13?,14-/m1/s1. The lowest BCUT2D eigenvalue weighted by Crippen LogP contribution is -2.20. The van der Waals surface area contributed by atoms with Crippen LogP contribution < -0.4 is 14.8 Å². The molecular formula is C17H20F2N2O2. The zero-order valence-electron chi connectivity index (χ0n) is 12.8. The second kappa shape index (κ2) is 7.14. The number of rotatable bonds is 7. The van der Waals surface area contributed by atoms with Crippen molar-refractivity contribution in [3.8, 4) is 17.6 Å². The van der Waals surface area contributed by atoms with E-state index in [0.29, 0.717) is 24.7 Å². The quantitative estimate of drug-likeness (QED) is 0.835. The molecule has 4 nitrogen and oxygen atoms in total. The summed E-state index contributed by atoms with van der Waals surface area (Å²) in [6.45, 7) is -1.54. The van der Waals surface area contributed by atoms with Crippen molar-refractivity contribution in [3.63, 3.8) is 0 Å². The van der Waals surface area contributed by atoms with Crippen LogP contribution in [0.2, 0.25) is 0 Å². The molecule has 1 N–H and O–H groups in total. The van der Waals surface area contributed by atoms with Crippen LogP contribution in [0.4, 0.5) is 8.78 Å². The Morgan fingerprint density at radius 1 is 1.30 bits per heavy atom. The molecule has 2 atom stereocenters. The van der Waals surface area contributed by atoms with Crippen LogP contribution in [-0.4, -0.2) is 25.8 Å². The van der Waals surface area contributed by atoms with E-state index in [0.717, 1.165) is 31.4 Å². The molecule has 0 spiro atoms. The van der Waals surface area contributed by atoms with Crippen LogP contribution in [-0.2, 0) is 0 Å². The van der Waals surface area contributed by atoms with Crippen molar-refractivity contribution in [2.75, 3.05) is 13.2 Å². The first kappa shape index (κ1) is 16.0. The fraction of sp³-hybridized carbons (Fsp3) is 0.588. The van der Waals surface area contributed by atoms with Crippen molar-refractivity contribution >= 4 is 0 Å². The molecule has 0 bridgehead atoms. The summed E-state index contributed by atoms with van der Waals surface area (Å²) in [6, 6.07) is 7.54. The number of nitrogens with one attached hydrogen (secondary N) is 1. The van der Waals surface area contributed by atoms with Crippen molar-refractivity contribution < 1.29 is 18.3 Å². The van der Waals surface area contributed by atoms with Crippen molar-refractivity contribution in [1.82, 2.24) is 5.32 Å². The van der Waals surface area contributed by atoms with E-state index in [9.17, 15) is 8.78 Å². The van der Waals surface area contributed by atoms with Gasteiger partial charge in [0, 0.05) is 12.6 Å². The molecule has 23 heavy (non-hydrogen) atoms. The van der Waals surface area contributed by atoms with Crippen molar-refractivity contribution in [2.24, 2.45) is 5.92 Å². The van der Waals surface area contributed by atoms with Gasteiger partial charge in [-0.15, -0.1) is 0 Å². The van der Waals surface area contributed by atoms with Gasteiger partial charge in [-0.1, -0.05) is 6.07 Å². The molecule has 124 valence electrons. The summed E-state index contributed by atoms with van der Waals surface area (Å²) < 4.78 is 35.3. The van der Waals surface area contributed by atoms with E-state index < -0.39 is 6.61 Å². The highest BCUT2D eigenvalue weighted by Gasteiger charge is 2.27. The minimum Gasteiger partial charge on any atom is -0.489 e. The van der Waals surface area contributed by atoms with E-state index in [4.69, 9.17) is 10.00 Å². The predicted octanol–water partition coefficient (Wildman–Crippen LogP) is 3.44. The van der Waals surface area contributed by atoms with E-state index in [1.807, 2.05) is 6.07 Å². The van der Waals surface area contributed by atoms with Gasteiger partial charge in [-0.25, -0.2) is 0 Å². The molecule has 0 amide bonds. The lowest BCUT2D eigenvalue weighted by molar-refractivity contribution is -0.0515. The molecular weight excluding hydrogens is 302 g/mol. The van der Waals surface area contributed by atoms with Crippen molar-refractivity contribution in [2.45, 2.75) is 44.3 Å². The van der Waals surface area contributed by atoms with Crippen LogP contribution in [0, 0.1) is 17.2 Å². The monoisotopic (exact) mass is 322 g/mol. The largest absolute Gasteiger partial charge is 0.489 e. The molecule has 1 heterocycles. The summed E-state index contributed by atoms with van der Waals surface area (Å²) in [5.74, 6) is 1.27. The van der Waals surface area contributed by atoms with Crippen LogP contribution in [0.15, 0.2) is 18.2 Å². The molecule has 1 saturated heterocycles. The number of ether oxygens (including phenoxy) is 2. The summed E-state index contributed by atoms with van der Waals surface area (Å²) in [5, 5.41) is 12.1. The molecule has 1 unspecified atom stereocenters. The average Bonchev–Trinajstić information content (AvgIpc) is 3.24. The summed E-state index contributed by atoms with van der Waals surface area (Å²) in [7, 11) is 0. The molecule has 6 heteroatoms. The topological polar surface area (TPSA) is 54.3 Å². The van der Waals surface area contributed by atoms with Gasteiger partial charge in [0.25, 0.3) is 0 Å². The van der Waals surface area contributed by atoms with Gasteiger partial charge in [0.15, 0.2) is 11.5 Å². The lowest BCUT2D eigenvalue weighted by atomic mass is 9.95. The fourth-order valence-electron chi connectivity index (χ4n) is 2.92. The van der Waals surface area contributed by atoms with E-state index in [-0.39, 0.29) is 17.7 Å². The molecule has 2 fully saturated rings. The predicted molar refractivity (Wildman–Crippen MR) is 80.7 cm³/mol. The molecule has 2 aliphatic rings. The summed E-state index contributed by atoms with van der Waals surface area (Å²) >= 11 is 0. The first-order chi connectivity index (χ1) is 11.2. The molecule has 1 aromatic rings. The van der Waals surface area contributed by atoms with Gasteiger partial charge in [0.1, 0.15) is 0 Å². The van der Waals surface area contributed by atoms with Gasteiger partial charge in [-0.2, -0.15) is 14.0 Å². The lowest BCUT2D eigenvalue weighted by Gasteiger charge is -2.16. The van der Waals surface area contributed by atoms with E-state index in [1.54, 1.807) is 12.1 Å². The summed E-state index contributed by atoms with van der Waals surface area (Å²) in [4.78, 5) is 0. The van der Waals surface area contributed by atoms with E-state index in [1.165, 1.54) is 0 Å². The SMILES string of the molecule is N#CC[C@@H]1CC(c2ccc(OC(F)F)c(OCC3CC3)c2)CN1. The number of halogens is 2. The highest BCUT2D eigenvalue weighted by molar-refractivity contribution is 5.44. The van der Waals surface area contributed by atoms with Crippen LogP contribution in [0.3, 0.4) is 0 Å². The molecule has 3 rings (SSSR count). The second-order valence-electron chi connectivity index (χ2n) is 6.24. The molecule has 0 radical (unpaired) electrons. The Hall–Kier alpha value is -1.87. The van der Waals surface area contributed by atoms with Gasteiger partial charge >= 0.3 is 6.61 Å². The Morgan fingerprint density at radius 3 is 2.83 bits per heavy atom. The number of nitrogens with zero attached hydrogens (tertiary/aromatic N) is 1. The normalized spacial score (nSPS) is 23.7. The Morgan fingerprint density at radius 2 is 2.13 bits per heavy atom. The van der Waals surface area contributed by atoms with Gasteiger partial charge in [-0.3, -0.25) is 0 Å². The Labute approximate surface area is 134 Å². The third-order valence-corrected chi connectivity index (χ3v) is 4.39. The van der Waals surface area contributed by atoms with E-state index in [2.05, 4.69) is 16.1 Å². The Balaban J connectivity index is 1.72. The smallest absolute Gasteiger partial charge is 0.387 e. The third-order valence-electron chi connectivity index (χ3n) is 4.39. The average molecular weight is 322 g/mol. The minimum atomic E-state index is -2.86. The maximum absolute atomic E-state index is 12.5. The summed E-state index contributed by atoms with van der Waals surface area (Å²) in [6.07, 6.45) is 3.61. The van der Waals surface area contributed by atoms with Gasteiger partial charge < -0.3 is 14.8 Å². The fourth-order valence-corrected chi connectivity index (χ4v) is 2.92. The second-order valence-corrected chi connectivity index (χ2v) is 6.24. The molecule has 0 aromatic heterocycles. The van der Waals surface area contributed by atoms with Crippen LogP contribution in [0.5, 0.6) is 11.5 Å². The Bertz CT molecular complexity index is 584.